The van der Waals surface area contributed by atoms with Crippen LogP contribution in [0, 0.1) is 0 Å². The fraction of sp³-hybridized carbons (Fsp3) is 0.357. The number of aromatic nitrogens is 2. The van der Waals surface area contributed by atoms with Gasteiger partial charge >= 0.3 is 0 Å². The average Bonchev–Trinajstić information content (AvgIpc) is 2.84. The van der Waals surface area contributed by atoms with Crippen molar-refractivity contribution in [2.24, 2.45) is 0 Å². The second-order valence-electron chi connectivity index (χ2n) is 4.60. The number of nitrogens with one attached hydrogen (secondary N) is 1. The van der Waals surface area contributed by atoms with E-state index in [0.29, 0.717) is 23.1 Å². The largest absolute Gasteiger partial charge is 0.394 e. The molecule has 108 valence electrons. The summed E-state index contributed by atoms with van der Waals surface area (Å²) < 4.78 is 1.72. The zero-order valence-corrected chi connectivity index (χ0v) is 12.7. The first-order valence-electron chi connectivity index (χ1n) is 6.40. The minimum Gasteiger partial charge on any atom is -0.394 e. The van der Waals surface area contributed by atoms with E-state index < -0.39 is 0 Å². The van der Waals surface area contributed by atoms with Gasteiger partial charge in [-0.15, -0.1) is 0 Å². The van der Waals surface area contributed by atoms with Crippen molar-refractivity contribution >= 4 is 23.2 Å². The summed E-state index contributed by atoms with van der Waals surface area (Å²) in [5, 5.41) is 17.7. The van der Waals surface area contributed by atoms with Crippen LogP contribution in [0.5, 0.6) is 0 Å². The van der Waals surface area contributed by atoms with Gasteiger partial charge < -0.3 is 10.4 Å². The number of benzene rings is 1. The van der Waals surface area contributed by atoms with E-state index in [1.54, 1.807) is 16.9 Å². The van der Waals surface area contributed by atoms with E-state index in [1.807, 2.05) is 25.3 Å². The highest BCUT2D eigenvalue weighted by molar-refractivity contribution is 6.35. The van der Waals surface area contributed by atoms with Gasteiger partial charge in [0, 0.05) is 34.4 Å². The fourth-order valence-corrected chi connectivity index (χ4v) is 2.53. The van der Waals surface area contributed by atoms with Crippen LogP contribution in [0.2, 0.25) is 10.0 Å². The maximum absolute atomic E-state index is 8.85. The minimum absolute atomic E-state index is 0.0886. The second-order valence-corrected chi connectivity index (χ2v) is 5.45. The molecule has 2 N–H and O–H groups in total. The number of halogens is 2. The Kier molecular flexibility index (Phi) is 5.43. The minimum atomic E-state index is 0.0886. The molecular formula is C14H17Cl2N3O. The molecule has 1 aromatic carbocycles. The van der Waals surface area contributed by atoms with Crippen molar-refractivity contribution in [1.29, 1.82) is 0 Å². The predicted molar refractivity (Wildman–Crippen MR) is 81.0 cm³/mol. The van der Waals surface area contributed by atoms with E-state index in [-0.39, 0.29) is 12.6 Å². The summed E-state index contributed by atoms with van der Waals surface area (Å²) in [4.78, 5) is 0. The van der Waals surface area contributed by atoms with Crippen molar-refractivity contribution in [3.05, 3.63) is 51.8 Å². The van der Waals surface area contributed by atoms with Crippen LogP contribution >= 0.6 is 23.2 Å². The number of hydrogen-bond acceptors (Lipinski definition) is 3. The lowest BCUT2D eigenvalue weighted by Crippen LogP contribution is -2.18. The summed E-state index contributed by atoms with van der Waals surface area (Å²) in [5.41, 5.74) is 2.08. The Morgan fingerprint density at radius 2 is 2.20 bits per heavy atom. The lowest BCUT2D eigenvalue weighted by molar-refractivity contribution is 0.269. The van der Waals surface area contributed by atoms with Gasteiger partial charge in [-0.1, -0.05) is 29.3 Å². The van der Waals surface area contributed by atoms with Crippen LogP contribution in [0.1, 0.15) is 24.1 Å². The topological polar surface area (TPSA) is 50.1 Å². The van der Waals surface area contributed by atoms with Crippen molar-refractivity contribution in [2.45, 2.75) is 26.1 Å². The van der Waals surface area contributed by atoms with Crippen molar-refractivity contribution < 1.29 is 5.11 Å². The Balaban J connectivity index is 1.95. The molecule has 20 heavy (non-hydrogen) atoms. The Morgan fingerprint density at radius 1 is 1.40 bits per heavy atom. The van der Waals surface area contributed by atoms with Crippen LogP contribution in [-0.4, -0.2) is 21.5 Å². The van der Waals surface area contributed by atoms with Crippen LogP contribution < -0.4 is 5.32 Å². The molecule has 0 amide bonds. The quantitative estimate of drug-likeness (QED) is 0.862. The number of aliphatic hydroxyl groups is 1. The number of hydrogen-bond donors (Lipinski definition) is 2. The maximum atomic E-state index is 8.85. The average molecular weight is 314 g/mol. The van der Waals surface area contributed by atoms with Gasteiger partial charge in [-0.3, -0.25) is 4.68 Å². The molecule has 0 spiro atoms. The Labute approximate surface area is 128 Å². The third-order valence-corrected chi connectivity index (χ3v) is 3.62. The Bertz CT molecular complexity index is 571. The number of aliphatic hydroxyl groups excluding tert-OH is 1. The molecule has 0 saturated carbocycles. The number of nitrogens with zero attached hydrogens (tertiary/aromatic N) is 2. The molecule has 0 bridgehead atoms. The van der Waals surface area contributed by atoms with Gasteiger partial charge in [0.25, 0.3) is 0 Å². The van der Waals surface area contributed by atoms with Gasteiger partial charge in [0.05, 0.1) is 19.3 Å². The van der Waals surface area contributed by atoms with Gasteiger partial charge in [-0.2, -0.15) is 5.10 Å². The first-order chi connectivity index (χ1) is 9.60. The van der Waals surface area contributed by atoms with E-state index in [2.05, 4.69) is 10.4 Å². The van der Waals surface area contributed by atoms with E-state index in [4.69, 9.17) is 28.3 Å². The lowest BCUT2D eigenvalue weighted by atomic mass is 10.1. The summed E-state index contributed by atoms with van der Waals surface area (Å²) in [6.45, 7) is 3.34. The summed E-state index contributed by atoms with van der Waals surface area (Å²) in [6, 6.07) is 5.62. The molecule has 4 nitrogen and oxygen atoms in total. The highest BCUT2D eigenvalue weighted by atomic mass is 35.5. The van der Waals surface area contributed by atoms with E-state index in [1.165, 1.54) is 0 Å². The molecule has 0 aliphatic rings. The second kappa shape index (κ2) is 7.09. The first-order valence-corrected chi connectivity index (χ1v) is 7.16. The van der Waals surface area contributed by atoms with Crippen LogP contribution in [0.4, 0.5) is 0 Å². The normalized spacial score (nSPS) is 12.6. The molecule has 0 saturated heterocycles. The molecule has 0 fully saturated rings. The zero-order chi connectivity index (χ0) is 14.5. The third-order valence-electron chi connectivity index (χ3n) is 3.06. The van der Waals surface area contributed by atoms with E-state index in [0.717, 1.165) is 11.1 Å². The van der Waals surface area contributed by atoms with Crippen LogP contribution in [0.15, 0.2) is 30.6 Å². The van der Waals surface area contributed by atoms with Gasteiger partial charge in [-0.05, 0) is 24.6 Å². The zero-order valence-electron chi connectivity index (χ0n) is 11.2. The summed E-state index contributed by atoms with van der Waals surface area (Å²) >= 11 is 12.1. The monoisotopic (exact) mass is 313 g/mol. The highest BCUT2D eigenvalue weighted by Gasteiger charge is 2.10. The van der Waals surface area contributed by atoms with Crippen molar-refractivity contribution in [2.75, 3.05) is 6.61 Å². The van der Waals surface area contributed by atoms with E-state index in [9.17, 15) is 0 Å². The highest BCUT2D eigenvalue weighted by Crippen LogP contribution is 2.26. The summed E-state index contributed by atoms with van der Waals surface area (Å²) in [6.07, 6.45) is 3.71. The molecule has 0 aliphatic carbocycles. The van der Waals surface area contributed by atoms with Gasteiger partial charge in [0.2, 0.25) is 0 Å². The summed E-state index contributed by atoms with van der Waals surface area (Å²) in [7, 11) is 0. The Morgan fingerprint density at radius 3 is 2.90 bits per heavy atom. The summed E-state index contributed by atoms with van der Waals surface area (Å²) in [5.74, 6) is 0. The predicted octanol–water partition coefficient (Wildman–Crippen LogP) is 3.03. The lowest BCUT2D eigenvalue weighted by Gasteiger charge is -2.15. The Hall–Kier alpha value is -1.07. The molecular weight excluding hydrogens is 297 g/mol. The van der Waals surface area contributed by atoms with Crippen molar-refractivity contribution in [3.8, 4) is 0 Å². The SMILES string of the molecule is CC(NCc1cnn(CCO)c1)c1ccc(Cl)cc1Cl. The van der Waals surface area contributed by atoms with Crippen LogP contribution in [0.3, 0.4) is 0 Å². The molecule has 1 unspecified atom stereocenters. The standard InChI is InChI=1S/C14H17Cl2N3O/c1-10(13-3-2-12(15)6-14(13)16)17-7-11-8-18-19(9-11)4-5-20/h2-3,6,8-10,17,20H,4-5,7H2,1H3. The molecule has 2 rings (SSSR count). The van der Waals surface area contributed by atoms with Crippen LogP contribution in [0.25, 0.3) is 0 Å². The van der Waals surface area contributed by atoms with Gasteiger partial charge in [-0.25, -0.2) is 0 Å². The smallest absolute Gasteiger partial charge is 0.0640 e. The third kappa shape index (κ3) is 3.96. The number of rotatable bonds is 6. The van der Waals surface area contributed by atoms with Gasteiger partial charge in [0.1, 0.15) is 0 Å². The molecule has 1 atom stereocenters. The van der Waals surface area contributed by atoms with Crippen molar-refractivity contribution in [3.63, 3.8) is 0 Å². The fourth-order valence-electron chi connectivity index (χ4n) is 1.96. The first kappa shape index (κ1) is 15.3. The van der Waals surface area contributed by atoms with Gasteiger partial charge in [0.15, 0.2) is 0 Å². The molecule has 1 heterocycles. The van der Waals surface area contributed by atoms with Crippen LogP contribution in [-0.2, 0) is 13.1 Å². The van der Waals surface area contributed by atoms with E-state index >= 15 is 0 Å². The molecule has 2 aromatic rings. The molecule has 6 heteroatoms. The molecule has 0 aliphatic heterocycles. The van der Waals surface area contributed by atoms with Crippen molar-refractivity contribution in [1.82, 2.24) is 15.1 Å². The maximum Gasteiger partial charge on any atom is 0.0640 e. The molecule has 0 radical (unpaired) electrons. The molecule has 1 aromatic heterocycles.